The van der Waals surface area contributed by atoms with E-state index in [-0.39, 0.29) is 17.7 Å². The number of aliphatic hydroxyl groups is 1. The van der Waals surface area contributed by atoms with Crippen LogP contribution in [0.1, 0.15) is 17.2 Å². The van der Waals surface area contributed by atoms with Crippen molar-refractivity contribution in [2.45, 2.75) is 12.6 Å². The molecule has 0 aromatic heterocycles. The van der Waals surface area contributed by atoms with Crippen molar-refractivity contribution in [1.29, 1.82) is 0 Å². The molecule has 0 amide bonds. The van der Waals surface area contributed by atoms with Crippen LogP contribution in [0.2, 0.25) is 0 Å². The average molecular weight is 317 g/mol. The third kappa shape index (κ3) is 3.61. The highest BCUT2D eigenvalue weighted by molar-refractivity contribution is 5.24. The molecule has 2 N–H and O–H groups in total. The second kappa shape index (κ2) is 6.85. The Hall–Kier alpha value is -1.99. The molecule has 1 unspecified atom stereocenters. The average Bonchev–Trinajstić information content (AvgIpc) is 2.47. The SMILES string of the molecule is OCC(NCc1ccc(F)cc1F)c1cc(F)c(F)c(F)c1. The minimum Gasteiger partial charge on any atom is -0.394 e. The van der Waals surface area contributed by atoms with Crippen molar-refractivity contribution >= 4 is 0 Å². The summed E-state index contributed by atoms with van der Waals surface area (Å²) in [5.74, 6) is -5.90. The summed E-state index contributed by atoms with van der Waals surface area (Å²) >= 11 is 0. The van der Waals surface area contributed by atoms with E-state index in [1.54, 1.807) is 0 Å². The Morgan fingerprint density at radius 1 is 0.909 bits per heavy atom. The molecule has 0 aliphatic rings. The fourth-order valence-electron chi connectivity index (χ4n) is 1.96. The predicted octanol–water partition coefficient (Wildman–Crippen LogP) is 3.21. The summed E-state index contributed by atoms with van der Waals surface area (Å²) in [5, 5.41) is 11.9. The Kier molecular flexibility index (Phi) is 5.10. The first-order valence-corrected chi connectivity index (χ1v) is 6.35. The molecule has 0 bridgehead atoms. The van der Waals surface area contributed by atoms with E-state index in [0.717, 1.165) is 18.2 Å². The molecular weight excluding hydrogens is 305 g/mol. The standard InChI is InChI=1S/C15H12F5NO/c16-10-2-1-8(11(17)5-10)6-21-14(7-22)9-3-12(18)15(20)13(19)4-9/h1-5,14,21-22H,6-7H2. The van der Waals surface area contributed by atoms with Crippen molar-refractivity contribution in [3.8, 4) is 0 Å². The second-order valence-electron chi connectivity index (χ2n) is 4.65. The molecule has 7 heteroatoms. The fourth-order valence-corrected chi connectivity index (χ4v) is 1.96. The summed E-state index contributed by atoms with van der Waals surface area (Å²) in [6, 6.07) is 3.51. The topological polar surface area (TPSA) is 32.3 Å². The van der Waals surface area contributed by atoms with Crippen LogP contribution in [0, 0.1) is 29.1 Å². The van der Waals surface area contributed by atoms with Gasteiger partial charge in [0.2, 0.25) is 0 Å². The van der Waals surface area contributed by atoms with Gasteiger partial charge in [-0.15, -0.1) is 0 Å². The van der Waals surface area contributed by atoms with Gasteiger partial charge in [0, 0.05) is 18.2 Å². The summed E-state index contributed by atoms with van der Waals surface area (Å²) < 4.78 is 65.5. The predicted molar refractivity (Wildman–Crippen MR) is 69.3 cm³/mol. The van der Waals surface area contributed by atoms with Crippen LogP contribution < -0.4 is 5.32 Å². The number of hydrogen-bond acceptors (Lipinski definition) is 2. The maximum atomic E-state index is 13.5. The van der Waals surface area contributed by atoms with Gasteiger partial charge in [0.05, 0.1) is 12.6 Å². The van der Waals surface area contributed by atoms with Crippen molar-refractivity contribution in [2.75, 3.05) is 6.61 Å². The molecule has 22 heavy (non-hydrogen) atoms. The first-order valence-electron chi connectivity index (χ1n) is 6.35. The van der Waals surface area contributed by atoms with Crippen LogP contribution in [0.15, 0.2) is 30.3 Å². The zero-order valence-electron chi connectivity index (χ0n) is 11.2. The molecule has 2 aromatic rings. The third-order valence-electron chi connectivity index (χ3n) is 3.15. The van der Waals surface area contributed by atoms with Gasteiger partial charge in [-0.1, -0.05) is 6.07 Å². The maximum absolute atomic E-state index is 13.5. The molecule has 2 aromatic carbocycles. The molecule has 0 saturated carbocycles. The molecule has 0 spiro atoms. The summed E-state index contributed by atoms with van der Waals surface area (Å²) in [7, 11) is 0. The van der Waals surface area contributed by atoms with E-state index < -0.39 is 41.7 Å². The molecule has 0 saturated heterocycles. The van der Waals surface area contributed by atoms with Crippen LogP contribution in [0.25, 0.3) is 0 Å². The maximum Gasteiger partial charge on any atom is 0.194 e. The molecular formula is C15H12F5NO. The molecule has 0 fully saturated rings. The lowest BCUT2D eigenvalue weighted by Gasteiger charge is -2.17. The van der Waals surface area contributed by atoms with Crippen LogP contribution >= 0.6 is 0 Å². The van der Waals surface area contributed by atoms with Crippen molar-refractivity contribution in [3.63, 3.8) is 0 Å². The highest BCUT2D eigenvalue weighted by Crippen LogP contribution is 2.20. The van der Waals surface area contributed by atoms with E-state index in [1.807, 2.05) is 0 Å². The minimum atomic E-state index is -1.61. The Labute approximate surface area is 123 Å². The van der Waals surface area contributed by atoms with Crippen LogP contribution in [0.4, 0.5) is 22.0 Å². The Bertz CT molecular complexity index is 654. The molecule has 0 radical (unpaired) electrons. The first-order chi connectivity index (χ1) is 10.4. The van der Waals surface area contributed by atoms with Gasteiger partial charge in [-0.3, -0.25) is 0 Å². The minimum absolute atomic E-state index is 0.0265. The molecule has 118 valence electrons. The number of aliphatic hydroxyl groups excluding tert-OH is 1. The Morgan fingerprint density at radius 3 is 2.09 bits per heavy atom. The van der Waals surface area contributed by atoms with Crippen LogP contribution in [-0.4, -0.2) is 11.7 Å². The van der Waals surface area contributed by atoms with E-state index in [0.29, 0.717) is 6.07 Å². The fraction of sp³-hybridized carbons (Fsp3) is 0.200. The summed E-state index contributed by atoms with van der Waals surface area (Å²) in [5.41, 5.74) is 0.0873. The Balaban J connectivity index is 2.16. The van der Waals surface area contributed by atoms with Crippen molar-refractivity contribution in [2.24, 2.45) is 0 Å². The van der Waals surface area contributed by atoms with Gasteiger partial charge >= 0.3 is 0 Å². The number of hydrogen-bond donors (Lipinski definition) is 2. The van der Waals surface area contributed by atoms with E-state index in [2.05, 4.69) is 5.32 Å². The third-order valence-corrected chi connectivity index (χ3v) is 3.15. The first kappa shape index (κ1) is 16.4. The van der Waals surface area contributed by atoms with Gasteiger partial charge in [0.15, 0.2) is 17.5 Å². The van der Waals surface area contributed by atoms with Crippen LogP contribution in [0.5, 0.6) is 0 Å². The molecule has 0 aliphatic carbocycles. The number of benzene rings is 2. The van der Waals surface area contributed by atoms with Crippen molar-refractivity contribution < 1.29 is 27.1 Å². The molecule has 0 heterocycles. The summed E-state index contributed by atoms with van der Waals surface area (Å²) in [4.78, 5) is 0. The monoisotopic (exact) mass is 317 g/mol. The highest BCUT2D eigenvalue weighted by Gasteiger charge is 2.17. The van der Waals surface area contributed by atoms with E-state index in [9.17, 15) is 27.1 Å². The van der Waals surface area contributed by atoms with Crippen LogP contribution in [0.3, 0.4) is 0 Å². The van der Waals surface area contributed by atoms with Gasteiger partial charge in [-0.05, 0) is 23.8 Å². The lowest BCUT2D eigenvalue weighted by Crippen LogP contribution is -2.25. The van der Waals surface area contributed by atoms with Gasteiger partial charge in [0.25, 0.3) is 0 Å². The van der Waals surface area contributed by atoms with Gasteiger partial charge in [-0.2, -0.15) is 0 Å². The van der Waals surface area contributed by atoms with E-state index in [1.165, 1.54) is 6.07 Å². The number of halogens is 5. The molecule has 0 aliphatic heterocycles. The highest BCUT2D eigenvalue weighted by atomic mass is 19.2. The van der Waals surface area contributed by atoms with Crippen molar-refractivity contribution in [1.82, 2.24) is 5.32 Å². The van der Waals surface area contributed by atoms with Gasteiger partial charge in [0.1, 0.15) is 11.6 Å². The smallest absolute Gasteiger partial charge is 0.194 e. The second-order valence-corrected chi connectivity index (χ2v) is 4.65. The number of nitrogens with one attached hydrogen (secondary N) is 1. The lowest BCUT2D eigenvalue weighted by atomic mass is 10.1. The van der Waals surface area contributed by atoms with E-state index >= 15 is 0 Å². The van der Waals surface area contributed by atoms with Crippen molar-refractivity contribution in [3.05, 3.63) is 70.5 Å². The lowest BCUT2D eigenvalue weighted by molar-refractivity contribution is 0.242. The number of rotatable bonds is 5. The molecule has 2 nitrogen and oxygen atoms in total. The van der Waals surface area contributed by atoms with Gasteiger partial charge in [-0.25, -0.2) is 22.0 Å². The van der Waals surface area contributed by atoms with Crippen LogP contribution in [-0.2, 0) is 6.54 Å². The summed E-state index contributed by atoms with van der Waals surface area (Å²) in [6.45, 7) is -0.661. The molecule has 1 atom stereocenters. The quantitative estimate of drug-likeness (QED) is 0.656. The zero-order chi connectivity index (χ0) is 16.3. The van der Waals surface area contributed by atoms with Gasteiger partial charge < -0.3 is 10.4 Å². The summed E-state index contributed by atoms with van der Waals surface area (Å²) in [6.07, 6.45) is 0. The zero-order valence-corrected chi connectivity index (χ0v) is 11.2. The normalized spacial score (nSPS) is 12.5. The van der Waals surface area contributed by atoms with E-state index in [4.69, 9.17) is 0 Å². The largest absolute Gasteiger partial charge is 0.394 e. The molecule has 2 rings (SSSR count). The Morgan fingerprint density at radius 2 is 1.55 bits per heavy atom.